The Morgan fingerprint density at radius 1 is 1.71 bits per heavy atom. The lowest BCUT2D eigenvalue weighted by Gasteiger charge is -2.19. The summed E-state index contributed by atoms with van der Waals surface area (Å²) in [6, 6.07) is 1.80. The second kappa shape index (κ2) is 5.11. The molecule has 2 heterocycles. The maximum absolute atomic E-state index is 8.90. The second-order valence-electron chi connectivity index (χ2n) is 3.91. The minimum atomic E-state index is 0.130. The monoisotopic (exact) mass is 252 g/mol. The first-order valence-corrected chi connectivity index (χ1v) is 5.79. The third-order valence-corrected chi connectivity index (χ3v) is 3.20. The van der Waals surface area contributed by atoms with Crippen molar-refractivity contribution in [3.05, 3.63) is 17.3 Å². The number of hydrogen-bond donors (Lipinski definition) is 1. The lowest BCUT2D eigenvalue weighted by molar-refractivity contribution is 0.219. The van der Waals surface area contributed by atoms with Crippen LogP contribution in [0.1, 0.15) is 12.8 Å². The lowest BCUT2D eigenvalue weighted by Crippen LogP contribution is -2.30. The van der Waals surface area contributed by atoms with Crippen molar-refractivity contribution in [2.24, 2.45) is 0 Å². The maximum Gasteiger partial charge on any atom is 0.179 e. The number of halogens is 1. The van der Waals surface area contributed by atoms with Crippen LogP contribution in [0.5, 0.6) is 5.75 Å². The Hall–Kier alpha value is -1.67. The maximum atomic E-state index is 8.90. The molecule has 90 valence electrons. The zero-order valence-electron chi connectivity index (χ0n) is 9.27. The highest BCUT2D eigenvalue weighted by atomic mass is 35.5. The van der Waals surface area contributed by atoms with E-state index in [9.17, 15) is 0 Å². The molecule has 0 radical (unpaired) electrons. The van der Waals surface area contributed by atoms with Gasteiger partial charge in [-0.1, -0.05) is 11.6 Å². The Morgan fingerprint density at radius 3 is 3.29 bits per heavy atom. The number of pyridine rings is 1. The standard InChI is InChI=1S/C11H13ClN4O/c12-10-9(3-4-15-11(10)14)17-6-8-2-1-5-16(8)7-13/h3-4,8H,1-2,5-6H2,(H2,14,15). The minimum Gasteiger partial charge on any atom is -0.490 e. The molecule has 1 aromatic rings. The average Bonchev–Trinajstić information content (AvgIpc) is 2.78. The molecule has 1 aliphatic rings. The number of nitrogens with zero attached hydrogens (tertiary/aromatic N) is 3. The van der Waals surface area contributed by atoms with Gasteiger partial charge in [-0.15, -0.1) is 0 Å². The van der Waals surface area contributed by atoms with Gasteiger partial charge in [-0.2, -0.15) is 5.26 Å². The molecule has 17 heavy (non-hydrogen) atoms. The molecule has 6 heteroatoms. The number of hydrogen-bond acceptors (Lipinski definition) is 5. The van der Waals surface area contributed by atoms with Crippen molar-refractivity contribution in [2.75, 3.05) is 18.9 Å². The van der Waals surface area contributed by atoms with Gasteiger partial charge in [0.05, 0.1) is 6.04 Å². The Bertz CT molecular complexity index is 446. The van der Waals surface area contributed by atoms with E-state index in [0.29, 0.717) is 17.4 Å². The van der Waals surface area contributed by atoms with Crippen LogP contribution in [-0.2, 0) is 0 Å². The van der Waals surface area contributed by atoms with E-state index in [2.05, 4.69) is 11.2 Å². The Labute approximate surface area is 105 Å². The summed E-state index contributed by atoms with van der Waals surface area (Å²) in [5, 5.41) is 9.22. The molecule has 1 saturated heterocycles. The Kier molecular flexibility index (Phi) is 3.55. The number of ether oxygens (including phenoxy) is 1. The Balaban J connectivity index is 1.98. The van der Waals surface area contributed by atoms with Crippen LogP contribution in [-0.4, -0.2) is 29.1 Å². The van der Waals surface area contributed by atoms with Gasteiger partial charge in [0.15, 0.2) is 6.19 Å². The van der Waals surface area contributed by atoms with Crippen molar-refractivity contribution in [3.8, 4) is 11.9 Å². The highest BCUT2D eigenvalue weighted by molar-refractivity contribution is 6.34. The molecule has 0 spiro atoms. The molecule has 0 aliphatic carbocycles. The summed E-state index contributed by atoms with van der Waals surface area (Å²) in [6.45, 7) is 1.24. The van der Waals surface area contributed by atoms with E-state index in [1.165, 1.54) is 0 Å². The summed E-state index contributed by atoms with van der Waals surface area (Å²) < 4.78 is 5.59. The van der Waals surface area contributed by atoms with Crippen molar-refractivity contribution in [2.45, 2.75) is 18.9 Å². The van der Waals surface area contributed by atoms with Gasteiger partial charge < -0.3 is 15.4 Å². The molecule has 2 N–H and O–H groups in total. The molecule has 0 bridgehead atoms. The molecule has 1 unspecified atom stereocenters. The number of anilines is 1. The molecule has 1 fully saturated rings. The number of nitrogen functional groups attached to an aromatic ring is 1. The van der Waals surface area contributed by atoms with Crippen LogP contribution in [0.2, 0.25) is 5.02 Å². The normalized spacial score (nSPS) is 19.1. The summed E-state index contributed by atoms with van der Waals surface area (Å²) in [6.07, 6.45) is 5.69. The molecule has 0 amide bonds. The van der Waals surface area contributed by atoms with Crippen LogP contribution in [0.25, 0.3) is 0 Å². The fourth-order valence-corrected chi connectivity index (χ4v) is 2.05. The predicted octanol–water partition coefficient (Wildman–Crippen LogP) is 1.64. The van der Waals surface area contributed by atoms with E-state index < -0.39 is 0 Å². The van der Waals surface area contributed by atoms with Gasteiger partial charge >= 0.3 is 0 Å². The number of rotatable bonds is 3. The van der Waals surface area contributed by atoms with Gasteiger partial charge in [-0.3, -0.25) is 0 Å². The summed E-state index contributed by atoms with van der Waals surface area (Å²) in [4.78, 5) is 5.59. The molecule has 1 atom stereocenters. The number of aromatic nitrogens is 1. The summed E-state index contributed by atoms with van der Waals surface area (Å²) in [5.74, 6) is 0.775. The summed E-state index contributed by atoms with van der Waals surface area (Å²) in [5.41, 5.74) is 5.57. The molecule has 0 aromatic carbocycles. The van der Waals surface area contributed by atoms with Gasteiger partial charge in [0.1, 0.15) is 23.2 Å². The molecular weight excluding hydrogens is 240 g/mol. The average molecular weight is 253 g/mol. The molecule has 1 aromatic heterocycles. The van der Waals surface area contributed by atoms with Crippen LogP contribution in [0, 0.1) is 11.5 Å². The number of likely N-dealkylation sites (tertiary alicyclic amines) is 1. The first-order chi connectivity index (χ1) is 8.22. The van der Waals surface area contributed by atoms with E-state index in [1.807, 2.05) is 0 Å². The van der Waals surface area contributed by atoms with E-state index in [-0.39, 0.29) is 11.9 Å². The number of nitrogens with two attached hydrogens (primary N) is 1. The molecule has 5 nitrogen and oxygen atoms in total. The van der Waals surface area contributed by atoms with Gasteiger partial charge in [0, 0.05) is 18.8 Å². The van der Waals surface area contributed by atoms with Crippen molar-refractivity contribution in [3.63, 3.8) is 0 Å². The highest BCUT2D eigenvalue weighted by Crippen LogP contribution is 2.28. The van der Waals surface area contributed by atoms with Crippen LogP contribution in [0.4, 0.5) is 5.82 Å². The summed E-state index contributed by atoms with van der Waals surface area (Å²) in [7, 11) is 0. The Morgan fingerprint density at radius 2 is 2.53 bits per heavy atom. The van der Waals surface area contributed by atoms with Crippen molar-refractivity contribution in [1.29, 1.82) is 5.26 Å². The fraction of sp³-hybridized carbons (Fsp3) is 0.455. The van der Waals surface area contributed by atoms with Gasteiger partial charge in [-0.05, 0) is 12.8 Å². The third-order valence-electron chi connectivity index (χ3n) is 2.82. The van der Waals surface area contributed by atoms with Crippen LogP contribution in [0.15, 0.2) is 12.3 Å². The summed E-state index contributed by atoms with van der Waals surface area (Å²) >= 11 is 5.96. The minimum absolute atomic E-state index is 0.130. The van der Waals surface area contributed by atoms with E-state index >= 15 is 0 Å². The quantitative estimate of drug-likeness (QED) is 0.828. The first kappa shape index (κ1) is 11.8. The van der Waals surface area contributed by atoms with Crippen LogP contribution >= 0.6 is 11.6 Å². The molecule has 2 rings (SSSR count). The zero-order chi connectivity index (χ0) is 12.3. The highest BCUT2D eigenvalue weighted by Gasteiger charge is 2.24. The topological polar surface area (TPSA) is 75.2 Å². The first-order valence-electron chi connectivity index (χ1n) is 5.41. The van der Waals surface area contributed by atoms with Crippen molar-refractivity contribution >= 4 is 17.4 Å². The number of nitriles is 1. The SMILES string of the molecule is N#CN1CCCC1COc1ccnc(N)c1Cl. The van der Waals surface area contributed by atoms with Crippen LogP contribution in [0.3, 0.4) is 0 Å². The molecule has 0 saturated carbocycles. The lowest BCUT2D eigenvalue weighted by atomic mass is 10.2. The fourth-order valence-electron chi connectivity index (χ4n) is 1.88. The smallest absolute Gasteiger partial charge is 0.179 e. The molecular formula is C11H13ClN4O. The van der Waals surface area contributed by atoms with E-state index in [4.69, 9.17) is 27.3 Å². The third kappa shape index (κ3) is 2.53. The molecule has 1 aliphatic heterocycles. The van der Waals surface area contributed by atoms with E-state index in [0.717, 1.165) is 19.4 Å². The largest absolute Gasteiger partial charge is 0.490 e. The second-order valence-corrected chi connectivity index (χ2v) is 4.29. The van der Waals surface area contributed by atoms with Crippen LogP contribution < -0.4 is 10.5 Å². The van der Waals surface area contributed by atoms with Gasteiger partial charge in [0.25, 0.3) is 0 Å². The van der Waals surface area contributed by atoms with Gasteiger partial charge in [-0.25, -0.2) is 4.98 Å². The zero-order valence-corrected chi connectivity index (χ0v) is 10.0. The van der Waals surface area contributed by atoms with Crippen molar-refractivity contribution < 1.29 is 4.74 Å². The van der Waals surface area contributed by atoms with E-state index in [1.54, 1.807) is 17.2 Å². The van der Waals surface area contributed by atoms with Crippen molar-refractivity contribution in [1.82, 2.24) is 9.88 Å². The predicted molar refractivity (Wildman–Crippen MR) is 64.5 cm³/mol. The van der Waals surface area contributed by atoms with Gasteiger partial charge in [0.2, 0.25) is 0 Å².